The van der Waals surface area contributed by atoms with Crippen LogP contribution in [-0.4, -0.2) is 43.9 Å². The molecule has 1 rings (SSSR count). The van der Waals surface area contributed by atoms with Crippen LogP contribution in [0.3, 0.4) is 0 Å². The summed E-state index contributed by atoms with van der Waals surface area (Å²) in [5.74, 6) is -0.514. The van der Waals surface area contributed by atoms with E-state index in [-0.39, 0.29) is 5.71 Å². The van der Waals surface area contributed by atoms with E-state index in [0.717, 1.165) is 0 Å². The maximum Gasteiger partial charge on any atom is 0.330 e. The van der Waals surface area contributed by atoms with E-state index in [1.165, 1.54) is 26.4 Å². The molecular formula is C17H21NO4S. The first-order valence-corrected chi connectivity index (χ1v) is 8.40. The lowest BCUT2D eigenvalue weighted by Crippen LogP contribution is -2.39. The Bertz CT molecular complexity index is 586. The zero-order valence-electron chi connectivity index (χ0n) is 13.5. The van der Waals surface area contributed by atoms with Gasteiger partial charge in [0.15, 0.2) is 0 Å². The SMILES string of the molecule is COC(=O)/C=C/C(CCSC)(C(=N)c1ccccc1)C(=O)OC. The molecule has 0 heterocycles. The Morgan fingerprint density at radius 3 is 2.39 bits per heavy atom. The fourth-order valence-electron chi connectivity index (χ4n) is 2.15. The molecule has 0 aliphatic rings. The Morgan fingerprint density at radius 2 is 1.87 bits per heavy atom. The van der Waals surface area contributed by atoms with Gasteiger partial charge in [-0.1, -0.05) is 36.4 Å². The summed E-state index contributed by atoms with van der Waals surface area (Å²) in [6.45, 7) is 0. The molecular weight excluding hydrogens is 314 g/mol. The van der Waals surface area contributed by atoms with Gasteiger partial charge in [-0.25, -0.2) is 4.79 Å². The van der Waals surface area contributed by atoms with Crippen molar-refractivity contribution < 1.29 is 19.1 Å². The Balaban J connectivity index is 3.36. The zero-order chi connectivity index (χ0) is 17.3. The molecule has 0 radical (unpaired) electrons. The number of benzene rings is 1. The van der Waals surface area contributed by atoms with Crippen LogP contribution in [0, 0.1) is 10.8 Å². The maximum atomic E-state index is 12.5. The molecule has 0 saturated heterocycles. The van der Waals surface area contributed by atoms with E-state index in [1.54, 1.807) is 36.0 Å². The van der Waals surface area contributed by atoms with Crippen LogP contribution in [-0.2, 0) is 19.1 Å². The number of esters is 2. The van der Waals surface area contributed by atoms with Gasteiger partial charge in [-0.05, 0) is 24.0 Å². The number of hydrogen-bond acceptors (Lipinski definition) is 6. The van der Waals surface area contributed by atoms with Gasteiger partial charge in [0.05, 0.1) is 19.9 Å². The molecule has 0 spiro atoms. The Labute approximate surface area is 140 Å². The molecule has 1 atom stereocenters. The summed E-state index contributed by atoms with van der Waals surface area (Å²) in [4.78, 5) is 23.9. The predicted molar refractivity (Wildman–Crippen MR) is 91.9 cm³/mol. The fraction of sp³-hybridized carbons (Fsp3) is 0.353. The minimum Gasteiger partial charge on any atom is -0.468 e. The van der Waals surface area contributed by atoms with Crippen molar-refractivity contribution in [1.82, 2.24) is 0 Å². The van der Waals surface area contributed by atoms with Gasteiger partial charge in [0.1, 0.15) is 5.41 Å². The number of ether oxygens (including phenoxy) is 2. The molecule has 0 amide bonds. The second-order valence-corrected chi connectivity index (χ2v) is 5.79. The third kappa shape index (κ3) is 4.69. The van der Waals surface area contributed by atoms with E-state index in [4.69, 9.17) is 10.1 Å². The van der Waals surface area contributed by atoms with Crippen molar-refractivity contribution in [3.05, 3.63) is 48.0 Å². The van der Waals surface area contributed by atoms with E-state index in [0.29, 0.717) is 17.7 Å². The third-order valence-corrected chi connectivity index (χ3v) is 4.08. The van der Waals surface area contributed by atoms with Crippen LogP contribution < -0.4 is 0 Å². The van der Waals surface area contributed by atoms with E-state index in [2.05, 4.69) is 4.74 Å². The standard InChI is InChI=1S/C17H21NO4S/c1-21-14(19)9-10-17(11-12-23-3,16(20)22-2)15(18)13-7-5-4-6-8-13/h4-10,18H,11-12H2,1-3H3/b10-9+,18-15?. The molecule has 1 aromatic carbocycles. The van der Waals surface area contributed by atoms with E-state index in [1.807, 2.05) is 12.3 Å². The first kappa shape index (κ1) is 19.0. The van der Waals surface area contributed by atoms with E-state index in [9.17, 15) is 9.59 Å². The van der Waals surface area contributed by atoms with Crippen molar-refractivity contribution in [2.75, 3.05) is 26.2 Å². The molecule has 1 aromatic rings. The van der Waals surface area contributed by atoms with Gasteiger partial charge in [0.25, 0.3) is 0 Å². The highest BCUT2D eigenvalue weighted by Gasteiger charge is 2.42. The second-order valence-electron chi connectivity index (χ2n) is 4.80. The summed E-state index contributed by atoms with van der Waals surface area (Å²) in [7, 11) is 2.54. The molecule has 124 valence electrons. The highest BCUT2D eigenvalue weighted by Crippen LogP contribution is 2.32. The second kappa shape index (κ2) is 9.15. The normalized spacial score (nSPS) is 13.3. The number of methoxy groups -OCH3 is 2. The lowest BCUT2D eigenvalue weighted by atomic mass is 9.76. The van der Waals surface area contributed by atoms with Gasteiger partial charge < -0.3 is 14.9 Å². The summed E-state index contributed by atoms with van der Waals surface area (Å²) in [6, 6.07) is 8.94. The molecule has 1 N–H and O–H groups in total. The molecule has 5 nitrogen and oxygen atoms in total. The molecule has 0 aliphatic heterocycles. The average molecular weight is 335 g/mol. The van der Waals surface area contributed by atoms with Crippen molar-refractivity contribution in [3.63, 3.8) is 0 Å². The molecule has 0 fully saturated rings. The molecule has 0 aromatic heterocycles. The first-order valence-electron chi connectivity index (χ1n) is 7.00. The molecule has 23 heavy (non-hydrogen) atoms. The van der Waals surface area contributed by atoms with Crippen molar-refractivity contribution in [3.8, 4) is 0 Å². The zero-order valence-corrected chi connectivity index (χ0v) is 14.3. The van der Waals surface area contributed by atoms with E-state index < -0.39 is 17.4 Å². The highest BCUT2D eigenvalue weighted by molar-refractivity contribution is 7.98. The molecule has 0 saturated carbocycles. The number of rotatable bonds is 8. The summed E-state index contributed by atoms with van der Waals surface area (Å²) in [6.07, 6.45) is 4.85. The van der Waals surface area contributed by atoms with Gasteiger partial charge in [-0.15, -0.1) is 0 Å². The van der Waals surface area contributed by atoms with Crippen LogP contribution in [0.15, 0.2) is 42.5 Å². The summed E-state index contributed by atoms with van der Waals surface area (Å²) < 4.78 is 9.52. The first-order chi connectivity index (χ1) is 11.0. The van der Waals surface area contributed by atoms with Crippen LogP contribution in [0.5, 0.6) is 0 Å². The van der Waals surface area contributed by atoms with Crippen molar-refractivity contribution in [1.29, 1.82) is 5.41 Å². The molecule has 0 bridgehead atoms. The Morgan fingerprint density at radius 1 is 1.22 bits per heavy atom. The minimum absolute atomic E-state index is 0.0964. The highest BCUT2D eigenvalue weighted by atomic mass is 32.2. The van der Waals surface area contributed by atoms with Crippen LogP contribution in [0.2, 0.25) is 0 Å². The number of hydrogen-bond donors (Lipinski definition) is 1. The largest absolute Gasteiger partial charge is 0.468 e. The smallest absolute Gasteiger partial charge is 0.330 e. The quantitative estimate of drug-likeness (QED) is 0.449. The van der Waals surface area contributed by atoms with Gasteiger partial charge in [0.2, 0.25) is 0 Å². The van der Waals surface area contributed by atoms with Crippen molar-refractivity contribution >= 4 is 29.4 Å². The number of carbonyl (C=O) groups excluding carboxylic acids is 2. The summed E-state index contributed by atoms with van der Waals surface area (Å²) in [5, 5.41) is 8.54. The fourth-order valence-corrected chi connectivity index (χ4v) is 2.68. The van der Waals surface area contributed by atoms with Crippen LogP contribution >= 0.6 is 11.8 Å². The van der Waals surface area contributed by atoms with Gasteiger partial charge in [-0.2, -0.15) is 11.8 Å². The van der Waals surface area contributed by atoms with Crippen molar-refractivity contribution in [2.45, 2.75) is 6.42 Å². The molecule has 0 aliphatic carbocycles. The number of carbonyl (C=O) groups is 2. The van der Waals surface area contributed by atoms with Crippen molar-refractivity contribution in [2.24, 2.45) is 5.41 Å². The number of nitrogens with one attached hydrogen (secondary N) is 1. The van der Waals surface area contributed by atoms with Gasteiger partial charge >= 0.3 is 11.9 Å². The predicted octanol–water partition coefficient (Wildman–Crippen LogP) is 2.70. The average Bonchev–Trinajstić information content (AvgIpc) is 2.61. The minimum atomic E-state index is -1.33. The van der Waals surface area contributed by atoms with Crippen LogP contribution in [0.1, 0.15) is 12.0 Å². The monoisotopic (exact) mass is 335 g/mol. The topological polar surface area (TPSA) is 76.5 Å². The van der Waals surface area contributed by atoms with Crippen LogP contribution in [0.4, 0.5) is 0 Å². The number of thioether (sulfide) groups is 1. The van der Waals surface area contributed by atoms with Crippen LogP contribution in [0.25, 0.3) is 0 Å². The lowest BCUT2D eigenvalue weighted by Gasteiger charge is -2.28. The Kier molecular flexibility index (Phi) is 7.54. The lowest BCUT2D eigenvalue weighted by molar-refractivity contribution is -0.146. The Hall–Kier alpha value is -2.08. The summed E-state index contributed by atoms with van der Waals surface area (Å²) >= 11 is 1.55. The third-order valence-electron chi connectivity index (χ3n) is 3.46. The molecule has 6 heteroatoms. The van der Waals surface area contributed by atoms with Gasteiger partial charge in [-0.3, -0.25) is 4.79 Å². The maximum absolute atomic E-state index is 12.5. The van der Waals surface area contributed by atoms with Gasteiger partial charge in [0, 0.05) is 6.08 Å². The summed E-state index contributed by atoms with van der Waals surface area (Å²) in [5.41, 5.74) is -0.625. The molecule has 1 unspecified atom stereocenters. The van der Waals surface area contributed by atoms with E-state index >= 15 is 0 Å².